The quantitative estimate of drug-likeness (QED) is 0.939. The fourth-order valence-corrected chi connectivity index (χ4v) is 2.08. The van der Waals surface area contributed by atoms with E-state index in [4.69, 9.17) is 0 Å². The maximum absolute atomic E-state index is 13.1. The first-order valence-corrected chi connectivity index (χ1v) is 6.57. The third-order valence-electron chi connectivity index (χ3n) is 2.60. The molecule has 1 heterocycles. The predicted molar refractivity (Wildman–Crippen MR) is 73.3 cm³/mol. The van der Waals surface area contributed by atoms with Gasteiger partial charge in [-0.25, -0.2) is 9.37 Å². The summed E-state index contributed by atoms with van der Waals surface area (Å²) in [5.74, 6) is -0.615. The van der Waals surface area contributed by atoms with Crippen molar-refractivity contribution in [2.24, 2.45) is 0 Å². The molecule has 0 aliphatic heterocycles. The highest BCUT2D eigenvalue weighted by Crippen LogP contribution is 2.16. The molecule has 0 spiro atoms. The fourth-order valence-electron chi connectivity index (χ4n) is 1.70. The standard InChI is InChI=1S/C13H13BrFN3O/c1-9(7-18-5-4-16-8-18)17-13(19)10-2-3-12(15)11(14)6-10/h2-6,8-9H,7H2,1H3,(H,17,19). The van der Waals surface area contributed by atoms with Gasteiger partial charge >= 0.3 is 0 Å². The van der Waals surface area contributed by atoms with Gasteiger partial charge in [-0.05, 0) is 41.1 Å². The largest absolute Gasteiger partial charge is 0.348 e. The maximum atomic E-state index is 13.1. The first-order valence-electron chi connectivity index (χ1n) is 5.78. The second kappa shape index (κ2) is 5.97. The van der Waals surface area contributed by atoms with Gasteiger partial charge in [-0.3, -0.25) is 4.79 Å². The van der Waals surface area contributed by atoms with E-state index in [1.165, 1.54) is 18.2 Å². The average molecular weight is 326 g/mol. The zero-order valence-corrected chi connectivity index (χ0v) is 11.9. The lowest BCUT2D eigenvalue weighted by Gasteiger charge is -2.14. The van der Waals surface area contributed by atoms with Gasteiger partial charge in [0.1, 0.15) is 5.82 Å². The first kappa shape index (κ1) is 13.7. The molecule has 0 saturated heterocycles. The Labute approximate surface area is 118 Å². The topological polar surface area (TPSA) is 46.9 Å². The summed E-state index contributed by atoms with van der Waals surface area (Å²) in [7, 11) is 0. The van der Waals surface area contributed by atoms with Crippen LogP contribution in [0.25, 0.3) is 0 Å². The number of rotatable bonds is 4. The van der Waals surface area contributed by atoms with Gasteiger partial charge in [0.25, 0.3) is 5.91 Å². The minimum Gasteiger partial charge on any atom is -0.348 e. The van der Waals surface area contributed by atoms with Crippen molar-refractivity contribution in [2.45, 2.75) is 19.5 Å². The van der Waals surface area contributed by atoms with Gasteiger partial charge in [-0.15, -0.1) is 0 Å². The van der Waals surface area contributed by atoms with Gasteiger partial charge in [-0.1, -0.05) is 0 Å². The number of nitrogens with zero attached hydrogens (tertiary/aromatic N) is 2. The number of hydrogen-bond donors (Lipinski definition) is 1. The van der Waals surface area contributed by atoms with Crippen LogP contribution in [0, 0.1) is 5.82 Å². The Kier molecular flexibility index (Phi) is 4.31. The molecule has 0 radical (unpaired) electrons. The van der Waals surface area contributed by atoms with Crippen LogP contribution in [0.5, 0.6) is 0 Å². The summed E-state index contributed by atoms with van der Waals surface area (Å²) in [6, 6.07) is 4.14. The molecule has 6 heteroatoms. The molecule has 19 heavy (non-hydrogen) atoms. The minimum absolute atomic E-state index is 0.0504. The first-order chi connectivity index (χ1) is 9.06. The Balaban J connectivity index is 1.98. The van der Waals surface area contributed by atoms with Crippen LogP contribution in [0.1, 0.15) is 17.3 Å². The molecule has 0 bridgehead atoms. The molecular weight excluding hydrogens is 313 g/mol. The Bertz CT molecular complexity index is 571. The number of nitrogens with one attached hydrogen (secondary N) is 1. The fraction of sp³-hybridized carbons (Fsp3) is 0.231. The molecule has 2 aromatic rings. The molecule has 0 fully saturated rings. The highest BCUT2D eigenvalue weighted by Gasteiger charge is 2.11. The van der Waals surface area contributed by atoms with Crippen molar-refractivity contribution in [3.05, 3.63) is 52.8 Å². The van der Waals surface area contributed by atoms with E-state index in [1.807, 2.05) is 17.7 Å². The van der Waals surface area contributed by atoms with E-state index in [1.54, 1.807) is 12.5 Å². The average Bonchev–Trinajstić information content (AvgIpc) is 2.85. The maximum Gasteiger partial charge on any atom is 0.251 e. The molecule has 1 N–H and O–H groups in total. The van der Waals surface area contributed by atoms with Crippen molar-refractivity contribution in [1.29, 1.82) is 0 Å². The van der Waals surface area contributed by atoms with E-state index in [0.717, 1.165) is 0 Å². The summed E-state index contributed by atoms with van der Waals surface area (Å²) < 4.78 is 15.2. The smallest absolute Gasteiger partial charge is 0.251 e. The highest BCUT2D eigenvalue weighted by atomic mass is 79.9. The molecule has 0 saturated carbocycles. The van der Waals surface area contributed by atoms with E-state index >= 15 is 0 Å². The molecule has 4 nitrogen and oxygen atoms in total. The van der Waals surface area contributed by atoms with Crippen LogP contribution in [0.4, 0.5) is 4.39 Å². The molecule has 1 unspecified atom stereocenters. The summed E-state index contributed by atoms with van der Waals surface area (Å²) in [5, 5.41) is 2.85. The van der Waals surface area contributed by atoms with E-state index in [9.17, 15) is 9.18 Å². The lowest BCUT2D eigenvalue weighted by atomic mass is 10.2. The van der Waals surface area contributed by atoms with Crippen LogP contribution in [0.2, 0.25) is 0 Å². The van der Waals surface area contributed by atoms with Crippen LogP contribution in [-0.2, 0) is 6.54 Å². The van der Waals surface area contributed by atoms with Gasteiger partial charge in [0.05, 0.1) is 10.8 Å². The number of amides is 1. The Hall–Kier alpha value is -1.69. The van der Waals surface area contributed by atoms with Gasteiger partial charge in [-0.2, -0.15) is 0 Å². The summed E-state index contributed by atoms with van der Waals surface area (Å²) >= 11 is 3.06. The molecule has 2 rings (SSSR count). The van der Waals surface area contributed by atoms with Gasteiger partial charge in [0, 0.05) is 30.5 Å². The number of imidazole rings is 1. The van der Waals surface area contributed by atoms with Crippen molar-refractivity contribution in [2.75, 3.05) is 0 Å². The van der Waals surface area contributed by atoms with Crippen molar-refractivity contribution >= 4 is 21.8 Å². The van der Waals surface area contributed by atoms with E-state index < -0.39 is 0 Å². The molecular formula is C13H13BrFN3O. The predicted octanol–water partition coefficient (Wildman–Crippen LogP) is 2.60. The molecule has 1 aromatic heterocycles. The van der Waals surface area contributed by atoms with Crippen molar-refractivity contribution < 1.29 is 9.18 Å². The number of benzene rings is 1. The number of aromatic nitrogens is 2. The van der Waals surface area contributed by atoms with Gasteiger partial charge in [0.15, 0.2) is 0 Å². The second-order valence-electron chi connectivity index (χ2n) is 4.26. The Morgan fingerprint density at radius 2 is 2.37 bits per heavy atom. The van der Waals surface area contributed by atoms with Crippen LogP contribution >= 0.6 is 15.9 Å². The van der Waals surface area contributed by atoms with Gasteiger partial charge < -0.3 is 9.88 Å². The number of halogens is 2. The minimum atomic E-state index is -0.386. The van der Waals surface area contributed by atoms with Crippen molar-refractivity contribution in [3.63, 3.8) is 0 Å². The van der Waals surface area contributed by atoms with Crippen molar-refractivity contribution in [3.8, 4) is 0 Å². The summed E-state index contributed by atoms with van der Waals surface area (Å²) in [6.07, 6.45) is 5.21. The molecule has 100 valence electrons. The summed E-state index contributed by atoms with van der Waals surface area (Å²) in [5.41, 5.74) is 0.422. The van der Waals surface area contributed by atoms with Gasteiger partial charge in [0.2, 0.25) is 0 Å². The van der Waals surface area contributed by atoms with E-state index in [0.29, 0.717) is 12.1 Å². The normalized spacial score (nSPS) is 12.2. The molecule has 1 aromatic carbocycles. The van der Waals surface area contributed by atoms with Crippen LogP contribution in [0.3, 0.4) is 0 Å². The lowest BCUT2D eigenvalue weighted by molar-refractivity contribution is 0.0936. The van der Waals surface area contributed by atoms with Crippen LogP contribution < -0.4 is 5.32 Å². The third-order valence-corrected chi connectivity index (χ3v) is 3.21. The molecule has 0 aliphatic rings. The highest BCUT2D eigenvalue weighted by molar-refractivity contribution is 9.10. The van der Waals surface area contributed by atoms with Crippen molar-refractivity contribution in [1.82, 2.24) is 14.9 Å². The summed E-state index contributed by atoms with van der Waals surface area (Å²) in [4.78, 5) is 15.9. The second-order valence-corrected chi connectivity index (χ2v) is 5.12. The zero-order valence-electron chi connectivity index (χ0n) is 10.3. The Morgan fingerprint density at radius 3 is 3.00 bits per heavy atom. The molecule has 1 amide bonds. The SMILES string of the molecule is CC(Cn1ccnc1)NC(=O)c1ccc(F)c(Br)c1. The summed E-state index contributed by atoms with van der Waals surface area (Å²) in [6.45, 7) is 2.53. The number of hydrogen-bond acceptors (Lipinski definition) is 2. The third kappa shape index (κ3) is 3.64. The number of carbonyl (C=O) groups excluding carboxylic acids is 1. The Morgan fingerprint density at radius 1 is 1.58 bits per heavy atom. The lowest BCUT2D eigenvalue weighted by Crippen LogP contribution is -2.35. The van der Waals surface area contributed by atoms with Crippen LogP contribution in [-0.4, -0.2) is 21.5 Å². The monoisotopic (exact) mass is 325 g/mol. The molecule has 1 atom stereocenters. The molecule has 0 aliphatic carbocycles. The van der Waals surface area contributed by atoms with E-state index in [-0.39, 0.29) is 22.2 Å². The van der Waals surface area contributed by atoms with Crippen LogP contribution in [0.15, 0.2) is 41.4 Å². The zero-order chi connectivity index (χ0) is 13.8. The number of carbonyl (C=O) groups is 1. The van der Waals surface area contributed by atoms with E-state index in [2.05, 4.69) is 26.2 Å².